The number of aromatic nitrogens is 1. The predicted molar refractivity (Wildman–Crippen MR) is 96.2 cm³/mol. The molecule has 1 N–H and O–H groups in total. The molecule has 2 aromatic rings. The van der Waals surface area contributed by atoms with Gasteiger partial charge in [0, 0.05) is 6.51 Å². The second-order valence-electron chi connectivity index (χ2n) is 5.77. The minimum atomic E-state index is -4.21. The summed E-state index contributed by atoms with van der Waals surface area (Å²) in [4.78, 5) is 3.73. The summed E-state index contributed by atoms with van der Waals surface area (Å²) in [7, 11) is 1.14. The average molecular weight is 400 g/mol. The van der Waals surface area contributed by atoms with E-state index < -0.39 is 36.6 Å². The van der Waals surface area contributed by atoms with E-state index in [1.165, 1.54) is 25.4 Å². The van der Waals surface area contributed by atoms with Gasteiger partial charge in [-0.15, -0.1) is 11.3 Å². The van der Waals surface area contributed by atoms with Crippen molar-refractivity contribution in [3.05, 3.63) is 44.6 Å². The lowest BCUT2D eigenvalue weighted by Gasteiger charge is -2.31. The van der Waals surface area contributed by atoms with Crippen LogP contribution < -0.4 is 4.74 Å². The molecule has 2 radical (unpaired) electrons. The molecule has 0 spiro atoms. The summed E-state index contributed by atoms with van der Waals surface area (Å²) in [5.41, 5.74) is 1.19. The van der Waals surface area contributed by atoms with Crippen LogP contribution in [0.1, 0.15) is 30.0 Å². The lowest BCUT2D eigenvalue weighted by atomic mass is 10.0. The number of ether oxygens (including phenoxy) is 1. The van der Waals surface area contributed by atoms with E-state index in [1.807, 2.05) is 0 Å². The van der Waals surface area contributed by atoms with Gasteiger partial charge < -0.3 is 9.84 Å². The van der Waals surface area contributed by atoms with Gasteiger partial charge in [-0.25, -0.2) is 17.8 Å². The van der Waals surface area contributed by atoms with Gasteiger partial charge in [-0.2, -0.15) is 0 Å². The highest BCUT2D eigenvalue weighted by Gasteiger charge is 2.50. The number of rotatable bonds is 3. The third-order valence-corrected chi connectivity index (χ3v) is 7.62. The third-order valence-electron chi connectivity index (χ3n) is 4.02. The highest BCUT2D eigenvalue weighted by Crippen LogP contribution is 2.51. The molecule has 1 aromatic heterocycles. The molecule has 5 nitrogen and oxygen atoms in total. The second kappa shape index (κ2) is 6.00. The smallest absolute Gasteiger partial charge is 0.193 e. The largest absolute Gasteiger partial charge is 0.505 e. The zero-order chi connectivity index (χ0) is 18.6. The van der Waals surface area contributed by atoms with Crippen molar-refractivity contribution in [3.63, 3.8) is 0 Å². The Morgan fingerprint density at radius 3 is 2.76 bits per heavy atom. The molecule has 0 bridgehead atoms. The number of fused-ring (bicyclic) bond motifs is 1. The van der Waals surface area contributed by atoms with Crippen LogP contribution in [0.3, 0.4) is 0 Å². The van der Waals surface area contributed by atoms with E-state index in [2.05, 4.69) is 4.98 Å². The van der Waals surface area contributed by atoms with Gasteiger partial charge >= 0.3 is 0 Å². The van der Waals surface area contributed by atoms with Crippen molar-refractivity contribution in [3.8, 4) is 5.75 Å². The fourth-order valence-corrected chi connectivity index (χ4v) is 5.65. The van der Waals surface area contributed by atoms with E-state index >= 15 is 0 Å². The SMILES string of the molecule is [B]COc1c(Cl)ccc(F)c1C1=C(O)c2scnc2C(C)(C)S1(=O)=O. The minimum absolute atomic E-state index is 0.0229. The van der Waals surface area contributed by atoms with Gasteiger partial charge in [-0.3, -0.25) is 0 Å². The van der Waals surface area contributed by atoms with E-state index in [4.69, 9.17) is 24.2 Å². The Bertz CT molecular complexity index is 1000. The summed E-state index contributed by atoms with van der Waals surface area (Å²) in [5.74, 6) is -1.72. The second-order valence-corrected chi connectivity index (χ2v) is 9.46. The molecule has 0 saturated carbocycles. The molecular weight excluding hydrogens is 388 g/mol. The number of sulfone groups is 1. The Morgan fingerprint density at radius 2 is 2.12 bits per heavy atom. The molecule has 1 aromatic carbocycles. The lowest BCUT2D eigenvalue weighted by Crippen LogP contribution is -2.34. The summed E-state index contributed by atoms with van der Waals surface area (Å²) in [6.45, 7) is 2.54. The van der Waals surface area contributed by atoms with E-state index in [0.717, 1.165) is 17.4 Å². The lowest BCUT2D eigenvalue weighted by molar-refractivity contribution is 0.383. The number of benzene rings is 1. The van der Waals surface area contributed by atoms with Crippen molar-refractivity contribution in [2.24, 2.45) is 0 Å². The molecule has 3 rings (SSSR count). The van der Waals surface area contributed by atoms with Gasteiger partial charge in [-0.1, -0.05) is 11.6 Å². The quantitative estimate of drug-likeness (QED) is 0.800. The third kappa shape index (κ3) is 2.48. The van der Waals surface area contributed by atoms with Crippen LogP contribution in [0.4, 0.5) is 4.39 Å². The fraction of sp³-hybridized carbons (Fsp3) is 0.267. The molecule has 0 amide bonds. The summed E-state index contributed by atoms with van der Waals surface area (Å²) in [6, 6.07) is 2.23. The van der Waals surface area contributed by atoms with Crippen molar-refractivity contribution < 1.29 is 22.7 Å². The summed E-state index contributed by atoms with van der Waals surface area (Å²) in [6.07, 6.45) is 0. The first-order valence-electron chi connectivity index (χ1n) is 7.08. The molecule has 0 aliphatic carbocycles. The molecule has 25 heavy (non-hydrogen) atoms. The van der Waals surface area contributed by atoms with Gasteiger partial charge in [0.2, 0.25) is 0 Å². The molecule has 0 atom stereocenters. The van der Waals surface area contributed by atoms with Crippen LogP contribution in [0.25, 0.3) is 10.7 Å². The maximum absolute atomic E-state index is 14.6. The van der Waals surface area contributed by atoms with E-state index in [0.29, 0.717) is 0 Å². The van der Waals surface area contributed by atoms with Crippen molar-refractivity contribution in [2.45, 2.75) is 18.6 Å². The Morgan fingerprint density at radius 1 is 1.44 bits per heavy atom. The molecule has 1 aliphatic rings. The topological polar surface area (TPSA) is 76.5 Å². The van der Waals surface area contributed by atoms with Gasteiger partial charge in [0.15, 0.2) is 15.6 Å². The number of aliphatic hydroxyl groups is 1. The first-order chi connectivity index (χ1) is 11.6. The molecule has 1 aliphatic heterocycles. The Labute approximate surface area is 154 Å². The molecule has 0 unspecified atom stereocenters. The van der Waals surface area contributed by atoms with Crippen LogP contribution in [-0.4, -0.2) is 32.9 Å². The monoisotopic (exact) mass is 399 g/mol. The number of nitrogens with zero attached hydrogens (tertiary/aromatic N) is 1. The zero-order valence-corrected chi connectivity index (χ0v) is 15.6. The van der Waals surface area contributed by atoms with Crippen LogP contribution in [0.15, 0.2) is 17.6 Å². The maximum atomic E-state index is 14.6. The van der Waals surface area contributed by atoms with Crippen molar-refractivity contribution in [1.82, 2.24) is 4.98 Å². The van der Waals surface area contributed by atoms with Crippen LogP contribution >= 0.6 is 22.9 Å². The van der Waals surface area contributed by atoms with Crippen molar-refractivity contribution in [1.29, 1.82) is 0 Å². The van der Waals surface area contributed by atoms with Crippen LogP contribution in [0.2, 0.25) is 5.02 Å². The molecule has 130 valence electrons. The first-order valence-corrected chi connectivity index (χ1v) is 9.82. The van der Waals surface area contributed by atoms with Crippen LogP contribution in [0.5, 0.6) is 5.75 Å². The van der Waals surface area contributed by atoms with Crippen molar-refractivity contribution in [2.75, 3.05) is 6.51 Å². The molecular formula is C15H12BClFNO4S2. The highest BCUT2D eigenvalue weighted by atomic mass is 35.5. The van der Waals surface area contributed by atoms with Gasteiger partial charge in [-0.05, 0) is 26.0 Å². The number of hydrogen-bond donors (Lipinski definition) is 1. The van der Waals surface area contributed by atoms with E-state index in [-0.39, 0.29) is 27.8 Å². The van der Waals surface area contributed by atoms with Gasteiger partial charge in [0.05, 0.1) is 26.7 Å². The van der Waals surface area contributed by atoms with Crippen LogP contribution in [0, 0.1) is 5.82 Å². The average Bonchev–Trinajstić information content (AvgIpc) is 3.03. The van der Waals surface area contributed by atoms with Gasteiger partial charge in [0.25, 0.3) is 0 Å². The number of thiazole rings is 1. The highest BCUT2D eigenvalue weighted by molar-refractivity contribution is 8.01. The minimum Gasteiger partial charge on any atom is -0.505 e. The molecule has 10 heteroatoms. The molecule has 2 heterocycles. The summed E-state index contributed by atoms with van der Waals surface area (Å²) < 4.78 is 44.7. The number of aliphatic hydroxyl groups excluding tert-OH is 1. The Balaban J connectivity index is 2.46. The number of halogens is 2. The Kier molecular flexibility index (Phi) is 4.37. The standard InChI is InChI=1S/C15H12BClFNO4S2/c1-15(2)14-12(24-6-19-14)10(20)13(25(15,21)22)9-8(18)4-3-7(17)11(9)23-5-16/h3-4,6,20H,5H2,1-2H3. The zero-order valence-electron chi connectivity index (χ0n) is 13.2. The maximum Gasteiger partial charge on any atom is 0.193 e. The first kappa shape index (κ1) is 18.2. The van der Waals surface area contributed by atoms with Gasteiger partial charge in [0.1, 0.15) is 29.1 Å². The number of hydrogen-bond acceptors (Lipinski definition) is 6. The Hall–Kier alpha value is -1.58. The van der Waals surface area contributed by atoms with Crippen molar-refractivity contribution >= 4 is 51.3 Å². The fourth-order valence-electron chi connectivity index (χ4n) is 2.68. The van der Waals surface area contributed by atoms with E-state index in [1.54, 1.807) is 0 Å². The summed E-state index contributed by atoms with van der Waals surface area (Å²) in [5, 5.41) is 10.6. The molecule has 0 fully saturated rings. The van der Waals surface area contributed by atoms with E-state index in [9.17, 15) is 17.9 Å². The summed E-state index contributed by atoms with van der Waals surface area (Å²) >= 11 is 7.09. The predicted octanol–water partition coefficient (Wildman–Crippen LogP) is 3.49. The molecule has 0 saturated heterocycles. The normalized spacial score (nSPS) is 18.1. The van der Waals surface area contributed by atoms with Crippen LogP contribution in [-0.2, 0) is 14.6 Å².